The molecule has 1 unspecified atom stereocenters. The van der Waals surface area contributed by atoms with Gasteiger partial charge < -0.3 is 16.6 Å². The SMILES string of the molecule is CC(N)=NCC/C(F)=C/CC(C)(N)C(=O)O. The van der Waals surface area contributed by atoms with Crippen LogP contribution in [-0.4, -0.2) is 29.0 Å². The van der Waals surface area contributed by atoms with Gasteiger partial charge in [0.1, 0.15) is 5.54 Å². The van der Waals surface area contributed by atoms with Crippen LogP contribution in [0.4, 0.5) is 4.39 Å². The van der Waals surface area contributed by atoms with Crippen LogP contribution in [0.5, 0.6) is 0 Å². The lowest BCUT2D eigenvalue weighted by molar-refractivity contribution is -0.142. The summed E-state index contributed by atoms with van der Waals surface area (Å²) in [7, 11) is 0. The summed E-state index contributed by atoms with van der Waals surface area (Å²) in [4.78, 5) is 14.4. The molecule has 92 valence electrons. The quantitative estimate of drug-likeness (QED) is 0.464. The minimum Gasteiger partial charge on any atom is -0.480 e. The highest BCUT2D eigenvalue weighted by Gasteiger charge is 2.26. The van der Waals surface area contributed by atoms with E-state index in [-0.39, 0.29) is 19.4 Å². The van der Waals surface area contributed by atoms with E-state index in [1.54, 1.807) is 6.92 Å². The van der Waals surface area contributed by atoms with Crippen molar-refractivity contribution in [3.63, 3.8) is 0 Å². The van der Waals surface area contributed by atoms with Crippen molar-refractivity contribution in [3.8, 4) is 0 Å². The molecule has 0 saturated carbocycles. The Balaban J connectivity index is 4.15. The van der Waals surface area contributed by atoms with E-state index in [1.165, 1.54) is 13.0 Å². The molecule has 0 amide bonds. The summed E-state index contributed by atoms with van der Waals surface area (Å²) in [6.45, 7) is 3.20. The first-order valence-corrected chi connectivity index (χ1v) is 4.89. The van der Waals surface area contributed by atoms with Crippen molar-refractivity contribution in [3.05, 3.63) is 11.9 Å². The maximum Gasteiger partial charge on any atom is 0.323 e. The Kier molecular flexibility index (Phi) is 5.66. The van der Waals surface area contributed by atoms with E-state index in [0.29, 0.717) is 5.84 Å². The number of hydrogen-bond donors (Lipinski definition) is 3. The Hall–Kier alpha value is -1.43. The van der Waals surface area contributed by atoms with Crippen LogP contribution in [0.3, 0.4) is 0 Å². The molecule has 0 rings (SSSR count). The fourth-order valence-corrected chi connectivity index (χ4v) is 0.851. The third kappa shape index (κ3) is 6.13. The zero-order valence-corrected chi connectivity index (χ0v) is 9.53. The van der Waals surface area contributed by atoms with Crippen LogP contribution in [0.15, 0.2) is 16.9 Å². The molecule has 1 atom stereocenters. The highest BCUT2D eigenvalue weighted by Crippen LogP contribution is 2.11. The number of carboxylic acid groups (broad SMARTS) is 1. The summed E-state index contributed by atoms with van der Waals surface area (Å²) in [6, 6.07) is 0. The molecule has 0 radical (unpaired) electrons. The van der Waals surface area contributed by atoms with E-state index in [9.17, 15) is 9.18 Å². The van der Waals surface area contributed by atoms with Gasteiger partial charge in [-0.2, -0.15) is 0 Å². The Morgan fingerprint density at radius 1 is 1.62 bits per heavy atom. The van der Waals surface area contributed by atoms with Gasteiger partial charge in [-0.1, -0.05) is 6.08 Å². The first kappa shape index (κ1) is 14.6. The molecule has 0 spiro atoms. The Bertz CT molecular complexity index is 307. The number of hydrogen-bond acceptors (Lipinski definition) is 3. The van der Waals surface area contributed by atoms with Gasteiger partial charge in [-0.3, -0.25) is 9.79 Å². The minimum atomic E-state index is -1.44. The molecule has 6 heteroatoms. The second kappa shape index (κ2) is 6.22. The molecule has 0 aliphatic carbocycles. The van der Waals surface area contributed by atoms with Crippen molar-refractivity contribution >= 4 is 11.8 Å². The third-order valence-corrected chi connectivity index (χ3v) is 1.95. The molecule has 0 heterocycles. The summed E-state index contributed by atoms with van der Waals surface area (Å²) < 4.78 is 13.1. The lowest BCUT2D eigenvalue weighted by Gasteiger charge is -2.16. The first-order valence-electron chi connectivity index (χ1n) is 4.89. The van der Waals surface area contributed by atoms with Gasteiger partial charge in [0.15, 0.2) is 0 Å². The molecule has 0 aromatic rings. The molecule has 0 aliphatic heterocycles. The zero-order valence-electron chi connectivity index (χ0n) is 9.53. The fourth-order valence-electron chi connectivity index (χ4n) is 0.851. The second-order valence-electron chi connectivity index (χ2n) is 3.85. The number of halogens is 1. The van der Waals surface area contributed by atoms with Crippen molar-refractivity contribution in [2.45, 2.75) is 32.2 Å². The Morgan fingerprint density at radius 3 is 2.62 bits per heavy atom. The number of nitrogens with two attached hydrogens (primary N) is 2. The van der Waals surface area contributed by atoms with Crippen molar-refractivity contribution in [1.29, 1.82) is 0 Å². The van der Waals surface area contributed by atoms with Crippen LogP contribution >= 0.6 is 0 Å². The van der Waals surface area contributed by atoms with Crippen molar-refractivity contribution in [2.75, 3.05) is 6.54 Å². The Morgan fingerprint density at radius 2 is 2.19 bits per heavy atom. The molecule has 0 fully saturated rings. The number of carboxylic acids is 1. The zero-order chi connectivity index (χ0) is 12.8. The predicted molar refractivity (Wildman–Crippen MR) is 60.8 cm³/mol. The summed E-state index contributed by atoms with van der Waals surface area (Å²) in [5, 5.41) is 8.69. The molecule has 16 heavy (non-hydrogen) atoms. The van der Waals surface area contributed by atoms with Gasteiger partial charge in [0.2, 0.25) is 0 Å². The highest BCUT2D eigenvalue weighted by atomic mass is 19.1. The van der Waals surface area contributed by atoms with Gasteiger partial charge in [-0.25, -0.2) is 4.39 Å². The van der Waals surface area contributed by atoms with E-state index in [1.807, 2.05) is 0 Å². The summed E-state index contributed by atoms with van der Waals surface area (Å²) in [5.41, 5.74) is 9.26. The average molecular weight is 231 g/mol. The molecule has 0 aromatic carbocycles. The molecule has 0 aliphatic rings. The minimum absolute atomic E-state index is 0.0561. The van der Waals surface area contributed by atoms with Crippen LogP contribution in [0.1, 0.15) is 26.7 Å². The topological polar surface area (TPSA) is 102 Å². The second-order valence-corrected chi connectivity index (χ2v) is 3.85. The van der Waals surface area contributed by atoms with Gasteiger partial charge in [0.25, 0.3) is 0 Å². The highest BCUT2D eigenvalue weighted by molar-refractivity contribution is 5.78. The van der Waals surface area contributed by atoms with E-state index in [2.05, 4.69) is 4.99 Å². The van der Waals surface area contributed by atoms with Crippen LogP contribution in [0.25, 0.3) is 0 Å². The normalized spacial score (nSPS) is 17.0. The van der Waals surface area contributed by atoms with Crippen molar-refractivity contribution < 1.29 is 14.3 Å². The lowest BCUT2D eigenvalue weighted by atomic mass is 9.99. The summed E-state index contributed by atoms with van der Waals surface area (Å²) in [6.07, 6.45) is 1.22. The van der Waals surface area contributed by atoms with Crippen LogP contribution < -0.4 is 11.5 Å². The van der Waals surface area contributed by atoms with Crippen LogP contribution in [0.2, 0.25) is 0 Å². The number of amidine groups is 1. The largest absolute Gasteiger partial charge is 0.480 e. The van der Waals surface area contributed by atoms with E-state index < -0.39 is 17.3 Å². The predicted octanol–water partition coefficient (Wildman–Crippen LogP) is 0.799. The maximum absolute atomic E-state index is 13.1. The molecule has 0 saturated heterocycles. The fraction of sp³-hybridized carbons (Fsp3) is 0.600. The van der Waals surface area contributed by atoms with Crippen LogP contribution in [-0.2, 0) is 4.79 Å². The molecule has 0 bridgehead atoms. The summed E-state index contributed by atoms with van der Waals surface area (Å²) >= 11 is 0. The van der Waals surface area contributed by atoms with Gasteiger partial charge in [-0.05, 0) is 20.3 Å². The molecule has 5 N–H and O–H groups in total. The van der Waals surface area contributed by atoms with Crippen molar-refractivity contribution in [1.82, 2.24) is 0 Å². The van der Waals surface area contributed by atoms with E-state index >= 15 is 0 Å². The Labute approximate surface area is 94.0 Å². The van der Waals surface area contributed by atoms with Gasteiger partial charge in [0.05, 0.1) is 11.7 Å². The number of rotatable bonds is 6. The van der Waals surface area contributed by atoms with E-state index in [0.717, 1.165) is 0 Å². The molecule has 0 aromatic heterocycles. The lowest BCUT2D eigenvalue weighted by Crippen LogP contribution is -2.44. The average Bonchev–Trinajstić information content (AvgIpc) is 2.14. The maximum atomic E-state index is 13.1. The summed E-state index contributed by atoms with van der Waals surface area (Å²) in [5.74, 6) is -1.20. The first-order chi connectivity index (χ1) is 7.25. The number of carbonyl (C=O) groups is 1. The third-order valence-electron chi connectivity index (χ3n) is 1.95. The van der Waals surface area contributed by atoms with Gasteiger partial charge in [0, 0.05) is 13.0 Å². The molecular weight excluding hydrogens is 213 g/mol. The van der Waals surface area contributed by atoms with Gasteiger partial charge in [-0.15, -0.1) is 0 Å². The van der Waals surface area contributed by atoms with Crippen molar-refractivity contribution in [2.24, 2.45) is 16.5 Å². The number of aliphatic carboxylic acids is 1. The molecule has 5 nitrogen and oxygen atoms in total. The van der Waals surface area contributed by atoms with Gasteiger partial charge >= 0.3 is 5.97 Å². The smallest absolute Gasteiger partial charge is 0.323 e. The monoisotopic (exact) mass is 231 g/mol. The number of nitrogens with zero attached hydrogens (tertiary/aromatic N) is 1. The standard InChI is InChI=1S/C10H18FN3O2/c1-7(12)14-6-4-8(11)3-5-10(2,13)9(15)16/h3H,4-6,13H2,1-2H3,(H2,12,14)(H,15,16)/b8-3-. The molecular formula is C10H18FN3O2. The van der Waals surface area contributed by atoms with E-state index in [4.69, 9.17) is 16.6 Å². The number of aliphatic imine (C=N–C) groups is 1. The van der Waals surface area contributed by atoms with Crippen LogP contribution in [0, 0.1) is 0 Å².